The second kappa shape index (κ2) is 3.26. The molecule has 5 heteroatoms. The van der Waals surface area contributed by atoms with E-state index in [4.69, 9.17) is 10.5 Å². The molecule has 1 atom stereocenters. The Morgan fingerprint density at radius 3 is 3.14 bits per heavy atom. The van der Waals surface area contributed by atoms with Gasteiger partial charge in [0.15, 0.2) is 6.23 Å². The van der Waals surface area contributed by atoms with Gasteiger partial charge in [0.05, 0.1) is 6.61 Å². The molecule has 0 radical (unpaired) electrons. The van der Waals surface area contributed by atoms with Crippen LogP contribution in [0.1, 0.15) is 11.8 Å². The monoisotopic (exact) mass is 193 g/mol. The molecule has 0 saturated heterocycles. The van der Waals surface area contributed by atoms with E-state index in [0.717, 1.165) is 5.56 Å². The van der Waals surface area contributed by atoms with Crippen LogP contribution in [0.15, 0.2) is 23.1 Å². The summed E-state index contributed by atoms with van der Waals surface area (Å²) in [6.45, 7) is 2.33. The second-order valence-electron chi connectivity index (χ2n) is 3.15. The highest BCUT2D eigenvalue weighted by molar-refractivity contribution is 5.35. The van der Waals surface area contributed by atoms with Gasteiger partial charge in [0.1, 0.15) is 5.82 Å². The van der Waals surface area contributed by atoms with Crippen LogP contribution in [0.25, 0.3) is 0 Å². The minimum atomic E-state index is -0.385. The number of nitrogens with two attached hydrogens (primary N) is 1. The normalized spacial score (nSPS) is 20.2. The lowest BCUT2D eigenvalue weighted by Gasteiger charge is -2.12. The van der Waals surface area contributed by atoms with Crippen molar-refractivity contribution in [1.82, 2.24) is 9.55 Å². The van der Waals surface area contributed by atoms with Crippen LogP contribution in [0.4, 0.5) is 5.82 Å². The fraction of sp³-hybridized carbons (Fsp3) is 0.333. The Kier molecular flexibility index (Phi) is 2.09. The highest BCUT2D eigenvalue weighted by Gasteiger charge is 2.14. The Morgan fingerprint density at radius 1 is 1.71 bits per heavy atom. The zero-order valence-corrected chi connectivity index (χ0v) is 7.80. The van der Waals surface area contributed by atoms with Crippen LogP contribution in [0.5, 0.6) is 0 Å². The van der Waals surface area contributed by atoms with Crippen LogP contribution in [0, 0.1) is 6.92 Å². The van der Waals surface area contributed by atoms with Gasteiger partial charge in [-0.15, -0.1) is 0 Å². The summed E-state index contributed by atoms with van der Waals surface area (Å²) in [7, 11) is 0. The molecule has 1 aromatic rings. The van der Waals surface area contributed by atoms with E-state index in [-0.39, 0.29) is 17.7 Å². The number of hydrogen-bond donors (Lipinski definition) is 1. The smallest absolute Gasteiger partial charge is 0.351 e. The topological polar surface area (TPSA) is 70.1 Å². The Labute approximate surface area is 80.8 Å². The lowest BCUT2D eigenvalue weighted by molar-refractivity contribution is 0.0721. The second-order valence-corrected chi connectivity index (χ2v) is 3.15. The first-order chi connectivity index (χ1) is 6.68. The van der Waals surface area contributed by atoms with Gasteiger partial charge in [-0.1, -0.05) is 6.08 Å². The van der Waals surface area contributed by atoms with Crippen molar-refractivity contribution in [1.29, 1.82) is 0 Å². The molecule has 0 amide bonds. The van der Waals surface area contributed by atoms with E-state index in [2.05, 4.69) is 4.98 Å². The van der Waals surface area contributed by atoms with Crippen LogP contribution >= 0.6 is 0 Å². The number of anilines is 1. The quantitative estimate of drug-likeness (QED) is 0.647. The van der Waals surface area contributed by atoms with E-state index < -0.39 is 0 Å². The van der Waals surface area contributed by atoms with Gasteiger partial charge in [-0.05, 0) is 13.0 Å². The van der Waals surface area contributed by atoms with Gasteiger partial charge in [0.2, 0.25) is 0 Å². The van der Waals surface area contributed by atoms with Crippen LogP contribution in [-0.4, -0.2) is 16.2 Å². The largest absolute Gasteiger partial charge is 0.383 e. The lowest BCUT2D eigenvalue weighted by Crippen LogP contribution is -2.27. The predicted octanol–water partition coefficient (Wildman–Crippen LogP) is 0.219. The van der Waals surface area contributed by atoms with Gasteiger partial charge in [0, 0.05) is 11.8 Å². The molecule has 2 heterocycles. The van der Waals surface area contributed by atoms with Gasteiger partial charge in [-0.25, -0.2) is 4.79 Å². The van der Waals surface area contributed by atoms with Crippen LogP contribution in [-0.2, 0) is 4.74 Å². The van der Waals surface area contributed by atoms with E-state index in [1.165, 1.54) is 4.57 Å². The molecule has 0 saturated carbocycles. The molecule has 1 aliphatic rings. The van der Waals surface area contributed by atoms with Gasteiger partial charge in [-0.3, -0.25) is 4.57 Å². The summed E-state index contributed by atoms with van der Waals surface area (Å²) < 4.78 is 6.71. The van der Waals surface area contributed by atoms with Crippen molar-refractivity contribution >= 4 is 5.82 Å². The third-order valence-electron chi connectivity index (χ3n) is 2.11. The summed E-state index contributed by atoms with van der Waals surface area (Å²) in [5.41, 5.74) is 5.89. The summed E-state index contributed by atoms with van der Waals surface area (Å²) in [5, 5.41) is 0. The van der Waals surface area contributed by atoms with Gasteiger partial charge in [0.25, 0.3) is 0 Å². The van der Waals surface area contributed by atoms with E-state index in [9.17, 15) is 4.79 Å². The van der Waals surface area contributed by atoms with E-state index >= 15 is 0 Å². The molecule has 0 bridgehead atoms. The Bertz CT molecular complexity index is 436. The van der Waals surface area contributed by atoms with Crippen LogP contribution in [0.2, 0.25) is 0 Å². The Balaban J connectivity index is 2.48. The predicted molar refractivity (Wildman–Crippen MR) is 51.8 cm³/mol. The average molecular weight is 193 g/mol. The van der Waals surface area contributed by atoms with Crippen molar-refractivity contribution in [2.75, 3.05) is 12.3 Å². The highest BCUT2D eigenvalue weighted by Crippen LogP contribution is 2.14. The highest BCUT2D eigenvalue weighted by atomic mass is 16.5. The minimum Gasteiger partial charge on any atom is -0.383 e. The standard InChI is InChI=1S/C9H11N3O2/c1-6-5-12(7-3-2-4-14-7)9(13)11-8(6)10/h2-3,5,7H,4H2,1H3,(H2,10,11,13). The summed E-state index contributed by atoms with van der Waals surface area (Å²) >= 11 is 0. The number of aromatic nitrogens is 2. The maximum absolute atomic E-state index is 11.4. The van der Waals surface area contributed by atoms with Gasteiger partial charge < -0.3 is 10.5 Å². The molecule has 1 unspecified atom stereocenters. The van der Waals surface area contributed by atoms with E-state index in [1.807, 2.05) is 12.2 Å². The fourth-order valence-electron chi connectivity index (χ4n) is 1.32. The maximum Gasteiger partial charge on any atom is 0.351 e. The first-order valence-electron chi connectivity index (χ1n) is 4.32. The lowest BCUT2D eigenvalue weighted by atomic mass is 10.3. The first kappa shape index (κ1) is 8.96. The number of aryl methyl sites for hydroxylation is 1. The fourth-order valence-corrected chi connectivity index (χ4v) is 1.32. The molecule has 14 heavy (non-hydrogen) atoms. The molecule has 0 aromatic carbocycles. The first-order valence-corrected chi connectivity index (χ1v) is 4.32. The molecule has 2 N–H and O–H groups in total. The number of ether oxygens (including phenoxy) is 1. The number of nitrogen functional groups attached to an aromatic ring is 1. The summed E-state index contributed by atoms with van der Waals surface area (Å²) in [5.74, 6) is 0.272. The Morgan fingerprint density at radius 2 is 2.50 bits per heavy atom. The Hall–Kier alpha value is -1.62. The SMILES string of the molecule is Cc1cn(C2C=CCO2)c(=O)nc1N. The maximum atomic E-state index is 11.4. The third-order valence-corrected chi connectivity index (χ3v) is 2.11. The molecule has 2 rings (SSSR count). The average Bonchev–Trinajstić information content (AvgIpc) is 2.64. The van der Waals surface area contributed by atoms with Crippen molar-refractivity contribution in [2.24, 2.45) is 0 Å². The zero-order chi connectivity index (χ0) is 10.1. The summed E-state index contributed by atoms with van der Waals surface area (Å²) in [6, 6.07) is 0. The molecule has 0 aliphatic carbocycles. The van der Waals surface area contributed by atoms with E-state index in [0.29, 0.717) is 6.61 Å². The van der Waals surface area contributed by atoms with Crippen molar-refractivity contribution in [3.05, 3.63) is 34.4 Å². The van der Waals surface area contributed by atoms with E-state index in [1.54, 1.807) is 13.1 Å². The van der Waals surface area contributed by atoms with Crippen molar-refractivity contribution < 1.29 is 4.74 Å². The number of nitrogens with zero attached hydrogens (tertiary/aromatic N) is 2. The molecule has 74 valence electrons. The molecule has 1 aliphatic heterocycles. The van der Waals surface area contributed by atoms with Gasteiger partial charge in [-0.2, -0.15) is 4.98 Å². The van der Waals surface area contributed by atoms with Crippen molar-refractivity contribution in [3.8, 4) is 0 Å². The molecule has 0 fully saturated rings. The molecule has 1 aromatic heterocycles. The zero-order valence-electron chi connectivity index (χ0n) is 7.80. The van der Waals surface area contributed by atoms with Crippen molar-refractivity contribution in [3.63, 3.8) is 0 Å². The number of rotatable bonds is 1. The molecule has 0 spiro atoms. The molecular weight excluding hydrogens is 182 g/mol. The molecule has 5 nitrogen and oxygen atoms in total. The molecular formula is C9H11N3O2. The van der Waals surface area contributed by atoms with Gasteiger partial charge >= 0.3 is 5.69 Å². The number of hydrogen-bond acceptors (Lipinski definition) is 4. The van der Waals surface area contributed by atoms with Crippen molar-refractivity contribution in [2.45, 2.75) is 13.2 Å². The van der Waals surface area contributed by atoms with Crippen LogP contribution < -0.4 is 11.4 Å². The van der Waals surface area contributed by atoms with Crippen LogP contribution in [0.3, 0.4) is 0 Å². The third kappa shape index (κ3) is 1.42. The minimum absolute atomic E-state index is 0.272. The summed E-state index contributed by atoms with van der Waals surface area (Å²) in [4.78, 5) is 15.1. The summed E-state index contributed by atoms with van der Waals surface area (Å²) in [6.07, 6.45) is 5.00.